The molecule has 6 aromatic rings. The second kappa shape index (κ2) is 5.83. The van der Waals surface area contributed by atoms with Crippen molar-refractivity contribution in [2.75, 3.05) is 0 Å². The lowest BCUT2D eigenvalue weighted by Crippen LogP contribution is -1.93. The Labute approximate surface area is 161 Å². The fraction of sp³-hybridized carbons (Fsp3) is 0. The van der Waals surface area contributed by atoms with E-state index in [0.29, 0.717) is 5.89 Å². The van der Waals surface area contributed by atoms with Crippen LogP contribution in [0, 0.1) is 0 Å². The van der Waals surface area contributed by atoms with Crippen molar-refractivity contribution in [1.29, 1.82) is 0 Å². The van der Waals surface area contributed by atoms with Gasteiger partial charge in [-0.1, -0.05) is 48.5 Å². The molecule has 0 aliphatic rings. The van der Waals surface area contributed by atoms with E-state index in [2.05, 4.69) is 82.3 Å². The van der Waals surface area contributed by atoms with E-state index in [0.717, 1.165) is 22.4 Å². The molecule has 3 heteroatoms. The molecule has 0 saturated carbocycles. The van der Waals surface area contributed by atoms with Crippen molar-refractivity contribution < 1.29 is 4.42 Å². The summed E-state index contributed by atoms with van der Waals surface area (Å²) >= 11 is 0. The van der Waals surface area contributed by atoms with Crippen molar-refractivity contribution in [2.45, 2.75) is 0 Å². The number of rotatable bonds is 2. The first-order chi connectivity index (χ1) is 13.9. The summed E-state index contributed by atoms with van der Waals surface area (Å²) < 4.78 is 8.21. The average molecular weight is 360 g/mol. The van der Waals surface area contributed by atoms with E-state index < -0.39 is 0 Å². The minimum atomic E-state index is 0.648. The molecule has 4 aromatic carbocycles. The Bertz CT molecular complexity index is 1370. The van der Waals surface area contributed by atoms with Gasteiger partial charge >= 0.3 is 0 Å². The summed E-state index contributed by atoms with van der Waals surface area (Å²) in [5, 5.41) is 2.53. The quantitative estimate of drug-likeness (QED) is 0.349. The van der Waals surface area contributed by atoms with Gasteiger partial charge in [-0.05, 0) is 48.5 Å². The molecule has 0 aliphatic heterocycles. The lowest BCUT2D eigenvalue weighted by Gasteiger charge is -2.08. The predicted octanol–water partition coefficient (Wildman–Crippen LogP) is 6.59. The third kappa shape index (κ3) is 2.20. The number of aromatic nitrogens is 2. The smallest absolute Gasteiger partial charge is 0.227 e. The van der Waals surface area contributed by atoms with Crippen molar-refractivity contribution in [1.82, 2.24) is 9.55 Å². The van der Waals surface area contributed by atoms with Gasteiger partial charge in [-0.3, -0.25) is 0 Å². The van der Waals surface area contributed by atoms with Crippen LogP contribution in [0.15, 0.2) is 101 Å². The monoisotopic (exact) mass is 360 g/mol. The third-order valence-corrected chi connectivity index (χ3v) is 5.25. The van der Waals surface area contributed by atoms with Crippen LogP contribution in [0.4, 0.5) is 0 Å². The number of hydrogen-bond acceptors (Lipinski definition) is 2. The van der Waals surface area contributed by atoms with Crippen molar-refractivity contribution in [3.05, 3.63) is 97.1 Å². The highest BCUT2D eigenvalue weighted by atomic mass is 16.3. The highest BCUT2D eigenvalue weighted by molar-refractivity contribution is 6.09. The van der Waals surface area contributed by atoms with E-state index in [9.17, 15) is 0 Å². The number of nitrogens with zero attached hydrogens (tertiary/aromatic N) is 2. The van der Waals surface area contributed by atoms with Gasteiger partial charge in [0.15, 0.2) is 5.58 Å². The maximum absolute atomic E-state index is 5.91. The molecule has 0 fully saturated rings. The highest BCUT2D eigenvalue weighted by Gasteiger charge is 2.12. The molecule has 28 heavy (non-hydrogen) atoms. The first-order valence-electron chi connectivity index (χ1n) is 9.33. The molecule has 3 nitrogen and oxygen atoms in total. The lowest BCUT2D eigenvalue weighted by molar-refractivity contribution is 0.620. The Balaban J connectivity index is 1.52. The maximum Gasteiger partial charge on any atom is 0.227 e. The van der Waals surface area contributed by atoms with Crippen molar-refractivity contribution >= 4 is 32.9 Å². The zero-order chi connectivity index (χ0) is 18.5. The van der Waals surface area contributed by atoms with E-state index in [1.807, 2.05) is 24.3 Å². The van der Waals surface area contributed by atoms with Gasteiger partial charge < -0.3 is 8.98 Å². The number of benzene rings is 4. The molecule has 0 unspecified atom stereocenters. The number of oxazole rings is 1. The Kier molecular flexibility index (Phi) is 3.17. The van der Waals surface area contributed by atoms with Crippen LogP contribution in [-0.4, -0.2) is 9.55 Å². The first-order valence-corrected chi connectivity index (χ1v) is 9.33. The molecular formula is C25H16N2O. The maximum atomic E-state index is 5.91. The standard InChI is InChI=1S/C25H16N2O/c1-4-10-22-19(7-1)20-8-2-5-11-23(20)27(22)18-15-13-17(14-16-18)25-26-21-9-3-6-12-24(21)28-25/h1-16H. The van der Waals surface area contributed by atoms with E-state index in [-0.39, 0.29) is 0 Å². The second-order valence-corrected chi connectivity index (χ2v) is 6.90. The molecule has 2 aromatic heterocycles. The summed E-state index contributed by atoms with van der Waals surface area (Å²) in [6.07, 6.45) is 0. The summed E-state index contributed by atoms with van der Waals surface area (Å²) in [5.41, 5.74) is 6.20. The van der Waals surface area contributed by atoms with E-state index in [1.165, 1.54) is 21.8 Å². The van der Waals surface area contributed by atoms with Gasteiger partial charge in [-0.25, -0.2) is 4.98 Å². The first kappa shape index (κ1) is 15.2. The van der Waals surface area contributed by atoms with Gasteiger partial charge in [0.05, 0.1) is 11.0 Å². The molecule has 6 rings (SSSR count). The topological polar surface area (TPSA) is 31.0 Å². The van der Waals surface area contributed by atoms with Crippen LogP contribution in [0.25, 0.3) is 50.0 Å². The van der Waals surface area contributed by atoms with Crippen LogP contribution < -0.4 is 0 Å². The fourth-order valence-corrected chi connectivity index (χ4v) is 3.95. The largest absolute Gasteiger partial charge is 0.436 e. The van der Waals surface area contributed by atoms with Crippen LogP contribution >= 0.6 is 0 Å². The third-order valence-electron chi connectivity index (χ3n) is 5.25. The van der Waals surface area contributed by atoms with E-state index in [1.54, 1.807) is 0 Å². The Morgan fingerprint density at radius 1 is 0.607 bits per heavy atom. The van der Waals surface area contributed by atoms with Gasteiger partial charge in [0.2, 0.25) is 5.89 Å². The summed E-state index contributed by atoms with van der Waals surface area (Å²) in [6, 6.07) is 33.3. The van der Waals surface area contributed by atoms with Gasteiger partial charge in [-0.2, -0.15) is 0 Å². The molecule has 0 aliphatic carbocycles. The molecule has 0 N–H and O–H groups in total. The van der Waals surface area contributed by atoms with Crippen LogP contribution in [0.2, 0.25) is 0 Å². The van der Waals surface area contributed by atoms with Gasteiger partial charge in [-0.15, -0.1) is 0 Å². The minimum absolute atomic E-state index is 0.648. The Morgan fingerprint density at radius 2 is 1.21 bits per heavy atom. The van der Waals surface area contributed by atoms with Crippen LogP contribution in [0.3, 0.4) is 0 Å². The van der Waals surface area contributed by atoms with Crippen molar-refractivity contribution in [3.8, 4) is 17.1 Å². The zero-order valence-electron chi connectivity index (χ0n) is 15.0. The van der Waals surface area contributed by atoms with E-state index >= 15 is 0 Å². The number of para-hydroxylation sites is 4. The Hall–Kier alpha value is -3.85. The molecule has 132 valence electrons. The SMILES string of the molecule is c1ccc2oc(-c3ccc(-n4c5ccccc5c5ccccc54)cc3)nc2c1. The molecule has 0 spiro atoms. The van der Waals surface area contributed by atoms with Crippen molar-refractivity contribution in [3.63, 3.8) is 0 Å². The molecule has 0 radical (unpaired) electrons. The van der Waals surface area contributed by atoms with Crippen LogP contribution in [-0.2, 0) is 0 Å². The van der Waals surface area contributed by atoms with Gasteiger partial charge in [0.25, 0.3) is 0 Å². The highest BCUT2D eigenvalue weighted by Crippen LogP contribution is 2.32. The van der Waals surface area contributed by atoms with Crippen LogP contribution in [0.5, 0.6) is 0 Å². The summed E-state index contributed by atoms with van der Waals surface area (Å²) in [5.74, 6) is 0.648. The second-order valence-electron chi connectivity index (χ2n) is 6.90. The molecule has 0 atom stereocenters. The van der Waals surface area contributed by atoms with Crippen LogP contribution in [0.1, 0.15) is 0 Å². The Morgan fingerprint density at radius 3 is 1.89 bits per heavy atom. The van der Waals surface area contributed by atoms with Gasteiger partial charge in [0.1, 0.15) is 5.52 Å². The normalized spacial score (nSPS) is 11.6. The predicted molar refractivity (Wildman–Crippen MR) is 114 cm³/mol. The summed E-state index contributed by atoms with van der Waals surface area (Å²) in [7, 11) is 0. The number of fused-ring (bicyclic) bond motifs is 4. The lowest BCUT2D eigenvalue weighted by atomic mass is 10.2. The summed E-state index contributed by atoms with van der Waals surface area (Å²) in [6.45, 7) is 0. The zero-order valence-corrected chi connectivity index (χ0v) is 15.0. The fourth-order valence-electron chi connectivity index (χ4n) is 3.95. The molecule has 0 amide bonds. The molecule has 2 heterocycles. The number of hydrogen-bond donors (Lipinski definition) is 0. The molecular weight excluding hydrogens is 344 g/mol. The minimum Gasteiger partial charge on any atom is -0.436 e. The van der Waals surface area contributed by atoms with Gasteiger partial charge in [0, 0.05) is 22.0 Å². The van der Waals surface area contributed by atoms with Crippen molar-refractivity contribution in [2.24, 2.45) is 0 Å². The van der Waals surface area contributed by atoms with E-state index in [4.69, 9.17) is 4.42 Å². The average Bonchev–Trinajstić information content (AvgIpc) is 3.33. The summed E-state index contributed by atoms with van der Waals surface area (Å²) in [4.78, 5) is 4.60. The molecule has 0 bridgehead atoms. The molecule has 0 saturated heterocycles.